The normalized spacial score (nSPS) is 35.0. The van der Waals surface area contributed by atoms with Gasteiger partial charge in [-0.3, -0.25) is 0 Å². The van der Waals surface area contributed by atoms with Crippen LogP contribution >= 0.6 is 9.47 Å². The summed E-state index contributed by atoms with van der Waals surface area (Å²) in [4.78, 5) is 0. The minimum Gasteiger partial charge on any atom is -0.375 e. The smallest absolute Gasteiger partial charge is 0.168 e. The highest BCUT2D eigenvalue weighted by Crippen LogP contribution is 2.38. The Morgan fingerprint density at radius 1 is 1.04 bits per heavy atom. The van der Waals surface area contributed by atoms with E-state index < -0.39 is 0 Å². The third-order valence-electron chi connectivity index (χ3n) is 5.94. The molecular formula is C19H35O4P. The quantitative estimate of drug-likeness (QED) is 0.642. The van der Waals surface area contributed by atoms with Crippen molar-refractivity contribution in [3.05, 3.63) is 0 Å². The van der Waals surface area contributed by atoms with Crippen molar-refractivity contribution in [2.24, 2.45) is 0 Å². The van der Waals surface area contributed by atoms with E-state index >= 15 is 0 Å². The monoisotopic (exact) mass is 358 g/mol. The summed E-state index contributed by atoms with van der Waals surface area (Å²) in [6.45, 7) is 3.02. The molecule has 5 heteroatoms. The topological polar surface area (TPSA) is 36.9 Å². The molecule has 0 N–H and O–H groups in total. The maximum Gasteiger partial charge on any atom is 0.168 e. The van der Waals surface area contributed by atoms with Crippen LogP contribution in [0.2, 0.25) is 0 Å². The van der Waals surface area contributed by atoms with E-state index in [0.717, 1.165) is 45.1 Å². The van der Waals surface area contributed by atoms with Crippen LogP contribution in [0.1, 0.15) is 84.0 Å². The fraction of sp³-hybridized carbons (Fsp3) is 1.00. The van der Waals surface area contributed by atoms with Gasteiger partial charge in [0.15, 0.2) is 5.79 Å². The first kappa shape index (κ1) is 19.0. The van der Waals surface area contributed by atoms with Crippen LogP contribution in [0.5, 0.6) is 0 Å². The molecule has 5 unspecified atom stereocenters. The minimum absolute atomic E-state index is 0.268. The summed E-state index contributed by atoms with van der Waals surface area (Å²) in [5, 5.41) is 0. The lowest BCUT2D eigenvalue weighted by molar-refractivity contribution is -0.309. The Morgan fingerprint density at radius 2 is 1.83 bits per heavy atom. The van der Waals surface area contributed by atoms with Crippen molar-refractivity contribution in [2.75, 3.05) is 6.61 Å². The molecule has 4 nitrogen and oxygen atoms in total. The van der Waals surface area contributed by atoms with Crippen LogP contribution in [0, 0.1) is 0 Å². The predicted molar refractivity (Wildman–Crippen MR) is 97.9 cm³/mol. The summed E-state index contributed by atoms with van der Waals surface area (Å²) >= 11 is 0. The molecule has 1 aliphatic carbocycles. The summed E-state index contributed by atoms with van der Waals surface area (Å²) in [7, 11) is 2.41. The molecule has 5 atom stereocenters. The van der Waals surface area contributed by atoms with Gasteiger partial charge in [-0.25, -0.2) is 0 Å². The molecule has 0 aromatic heterocycles. The Labute approximate surface area is 149 Å². The Kier molecular flexibility index (Phi) is 7.36. The second-order valence-corrected chi connectivity index (χ2v) is 8.07. The van der Waals surface area contributed by atoms with E-state index in [1.807, 2.05) is 0 Å². The second-order valence-electron chi connectivity index (χ2n) is 7.80. The van der Waals surface area contributed by atoms with Crippen molar-refractivity contribution < 1.29 is 18.7 Å². The van der Waals surface area contributed by atoms with Crippen LogP contribution in [-0.4, -0.2) is 36.8 Å². The molecule has 2 aliphatic heterocycles. The van der Waals surface area contributed by atoms with Crippen LogP contribution in [0.4, 0.5) is 0 Å². The van der Waals surface area contributed by atoms with Crippen LogP contribution in [-0.2, 0) is 18.7 Å². The van der Waals surface area contributed by atoms with Gasteiger partial charge in [0, 0.05) is 28.7 Å². The first-order chi connectivity index (χ1) is 11.7. The molecule has 3 aliphatic rings. The average Bonchev–Trinajstić information content (AvgIpc) is 2.61. The van der Waals surface area contributed by atoms with E-state index in [2.05, 4.69) is 16.4 Å². The SMILES string of the molecule is CCC(CC1CCCC(CC2CCOC3(CCCCC3)O2)O1)OP. The zero-order valence-electron chi connectivity index (χ0n) is 15.2. The van der Waals surface area contributed by atoms with Gasteiger partial charge in [-0.15, -0.1) is 0 Å². The van der Waals surface area contributed by atoms with E-state index in [1.54, 1.807) is 0 Å². The van der Waals surface area contributed by atoms with Crippen LogP contribution < -0.4 is 0 Å². The van der Waals surface area contributed by atoms with Crippen molar-refractivity contribution in [1.29, 1.82) is 0 Å². The van der Waals surface area contributed by atoms with Crippen molar-refractivity contribution in [3.8, 4) is 0 Å². The zero-order chi connectivity index (χ0) is 16.8. The lowest BCUT2D eigenvalue weighted by atomic mass is 9.91. The Bertz CT molecular complexity index is 363. The molecule has 1 saturated carbocycles. The van der Waals surface area contributed by atoms with E-state index in [9.17, 15) is 0 Å². The van der Waals surface area contributed by atoms with Gasteiger partial charge in [-0.1, -0.05) is 13.3 Å². The third kappa shape index (κ3) is 5.14. The molecule has 24 heavy (non-hydrogen) atoms. The molecule has 0 bridgehead atoms. The van der Waals surface area contributed by atoms with Crippen LogP contribution in [0.25, 0.3) is 0 Å². The van der Waals surface area contributed by atoms with E-state index in [0.29, 0.717) is 24.4 Å². The third-order valence-corrected chi connectivity index (χ3v) is 6.32. The van der Waals surface area contributed by atoms with Crippen molar-refractivity contribution in [3.63, 3.8) is 0 Å². The molecular weight excluding hydrogens is 323 g/mol. The van der Waals surface area contributed by atoms with Gasteiger partial charge in [0.2, 0.25) is 0 Å². The zero-order valence-corrected chi connectivity index (χ0v) is 16.4. The number of rotatable bonds is 6. The molecule has 2 heterocycles. The first-order valence-electron chi connectivity index (χ1n) is 10.1. The highest BCUT2D eigenvalue weighted by molar-refractivity contribution is 7.09. The molecule has 140 valence electrons. The molecule has 0 aromatic rings. The van der Waals surface area contributed by atoms with Gasteiger partial charge in [-0.05, 0) is 51.4 Å². The Morgan fingerprint density at radius 3 is 2.58 bits per heavy atom. The summed E-state index contributed by atoms with van der Waals surface area (Å²) in [5.74, 6) is -0.268. The van der Waals surface area contributed by atoms with Gasteiger partial charge >= 0.3 is 0 Å². The molecule has 3 rings (SSSR count). The largest absolute Gasteiger partial charge is 0.375 e. The van der Waals surface area contributed by atoms with Gasteiger partial charge < -0.3 is 18.7 Å². The molecule has 0 radical (unpaired) electrons. The maximum absolute atomic E-state index is 6.45. The summed E-state index contributed by atoms with van der Waals surface area (Å²) in [6, 6.07) is 0. The van der Waals surface area contributed by atoms with E-state index in [4.69, 9.17) is 18.7 Å². The van der Waals surface area contributed by atoms with Gasteiger partial charge in [0.1, 0.15) is 0 Å². The fourth-order valence-electron chi connectivity index (χ4n) is 4.52. The highest BCUT2D eigenvalue weighted by atomic mass is 31.0. The molecule has 1 spiro atoms. The Balaban J connectivity index is 1.48. The van der Waals surface area contributed by atoms with Crippen molar-refractivity contribution >= 4 is 9.47 Å². The first-order valence-corrected chi connectivity index (χ1v) is 10.5. The standard InChI is InChI=1S/C19H35O4P/c1-2-15(23-24)13-16-7-6-8-17(21-16)14-18-9-12-20-19(22-18)10-4-3-5-11-19/h15-18H,2-14,24H2,1H3. The van der Waals surface area contributed by atoms with Crippen LogP contribution in [0.15, 0.2) is 0 Å². The van der Waals surface area contributed by atoms with E-state index in [-0.39, 0.29) is 5.79 Å². The number of hydrogen-bond acceptors (Lipinski definition) is 4. The molecule has 0 aromatic carbocycles. The molecule has 2 saturated heterocycles. The Hall–Kier alpha value is 0.270. The van der Waals surface area contributed by atoms with Gasteiger partial charge in [0.25, 0.3) is 0 Å². The minimum atomic E-state index is -0.268. The maximum atomic E-state index is 6.45. The van der Waals surface area contributed by atoms with Crippen LogP contribution in [0.3, 0.4) is 0 Å². The van der Waals surface area contributed by atoms with Gasteiger partial charge in [-0.2, -0.15) is 0 Å². The average molecular weight is 358 g/mol. The fourth-order valence-corrected chi connectivity index (χ4v) is 4.83. The lowest BCUT2D eigenvalue weighted by Gasteiger charge is -2.44. The molecule has 0 amide bonds. The summed E-state index contributed by atoms with van der Waals surface area (Å²) < 4.78 is 24.3. The van der Waals surface area contributed by atoms with E-state index in [1.165, 1.54) is 38.5 Å². The van der Waals surface area contributed by atoms with Gasteiger partial charge in [0.05, 0.1) is 31.0 Å². The molecule has 3 fully saturated rings. The highest BCUT2D eigenvalue weighted by Gasteiger charge is 2.40. The number of hydrogen-bond donors (Lipinski definition) is 0. The number of ether oxygens (including phenoxy) is 3. The second kappa shape index (κ2) is 9.28. The van der Waals surface area contributed by atoms with Crippen molar-refractivity contribution in [1.82, 2.24) is 0 Å². The lowest BCUT2D eigenvalue weighted by Crippen LogP contribution is -2.47. The predicted octanol–water partition coefficient (Wildman–Crippen LogP) is 4.76. The van der Waals surface area contributed by atoms with Crippen molar-refractivity contribution in [2.45, 2.75) is 114 Å². The summed E-state index contributed by atoms with van der Waals surface area (Å²) in [5.41, 5.74) is 0. The summed E-state index contributed by atoms with van der Waals surface area (Å²) in [6.07, 6.45) is 14.9.